The minimum absolute atomic E-state index is 0.0615. The van der Waals surface area contributed by atoms with E-state index in [1.54, 1.807) is 19.2 Å². The number of rotatable bonds is 10. The molecule has 55 heavy (non-hydrogen) atoms. The number of hydrogen-bond acceptors (Lipinski definition) is 9. The maximum Gasteiger partial charge on any atom is 0.314 e. The van der Waals surface area contributed by atoms with Gasteiger partial charge in [0, 0.05) is 65.7 Å². The number of nitrogens with zero attached hydrogens (tertiary/aromatic N) is 5. The number of phenols is 4. The Balaban J connectivity index is 1.79. The molecule has 3 heterocycles. The minimum atomic E-state index is -1.86. The van der Waals surface area contributed by atoms with Gasteiger partial charge in [-0.25, -0.2) is 0 Å². The van der Waals surface area contributed by atoms with Crippen molar-refractivity contribution in [2.24, 2.45) is 10.2 Å². The summed E-state index contributed by atoms with van der Waals surface area (Å²) in [5.41, 5.74) is 5.21. The van der Waals surface area contributed by atoms with Gasteiger partial charge in [0.05, 0.1) is 29.1 Å². The Morgan fingerprint density at radius 3 is 1.95 bits per heavy atom. The highest BCUT2D eigenvalue weighted by atomic mass is 32.2. The fourth-order valence-corrected chi connectivity index (χ4v) is 9.62. The summed E-state index contributed by atoms with van der Waals surface area (Å²) < 4.78 is 8.34. The number of benzene rings is 4. The van der Waals surface area contributed by atoms with Crippen LogP contribution < -0.4 is 9.22 Å². The zero-order chi connectivity index (χ0) is 39.8. The zero-order valence-corrected chi connectivity index (χ0v) is 34.4. The normalized spacial score (nSPS) is 17.6. The summed E-state index contributed by atoms with van der Waals surface area (Å²) in [5, 5.41) is 58.4. The SMILES string of the molecule is CCCn1c(C)c(C)c2cc([N+]3(c4ccc(OC)c5c4ccn5C(C)C)C(S)(S)N=NC3(c3cc(CC)c(O)cc3O)c3cc(CC)c(O)cc3O)ccc21. The van der Waals surface area contributed by atoms with Crippen LogP contribution in [0.25, 0.3) is 21.8 Å². The molecule has 1 aliphatic heterocycles. The van der Waals surface area contributed by atoms with Crippen LogP contribution in [-0.4, -0.2) is 41.0 Å². The van der Waals surface area contributed by atoms with Crippen molar-refractivity contribution < 1.29 is 25.2 Å². The van der Waals surface area contributed by atoms with Gasteiger partial charge in [-0.05, 0) is 94.0 Å². The topological polar surface area (TPSA) is 125 Å². The van der Waals surface area contributed by atoms with E-state index in [-0.39, 0.29) is 40.2 Å². The summed E-state index contributed by atoms with van der Waals surface area (Å²) in [7, 11) is 1.64. The van der Waals surface area contributed by atoms with E-state index in [0.717, 1.165) is 46.0 Å². The van der Waals surface area contributed by atoms with Crippen LogP contribution in [0.2, 0.25) is 0 Å². The van der Waals surface area contributed by atoms with Crippen LogP contribution in [0.15, 0.2) is 77.1 Å². The van der Waals surface area contributed by atoms with Gasteiger partial charge >= 0.3 is 4.33 Å². The highest BCUT2D eigenvalue weighted by Crippen LogP contribution is 2.67. The molecule has 0 bridgehead atoms. The quantitative estimate of drug-likeness (QED) is 0.0469. The van der Waals surface area contributed by atoms with Crippen LogP contribution in [-0.2, 0) is 25.0 Å². The molecule has 0 spiro atoms. The van der Waals surface area contributed by atoms with E-state index in [1.165, 1.54) is 12.1 Å². The number of aromatic hydroxyl groups is 4. The molecular formula is C43H50N5O5S2+. The lowest BCUT2D eigenvalue weighted by atomic mass is 9.82. The number of hydrogen-bond donors (Lipinski definition) is 6. The Bertz CT molecular complexity index is 2460. The first-order valence-electron chi connectivity index (χ1n) is 18.8. The summed E-state index contributed by atoms with van der Waals surface area (Å²) >= 11 is 10.7. The number of methoxy groups -OCH3 is 1. The van der Waals surface area contributed by atoms with Crippen LogP contribution in [0.4, 0.5) is 11.4 Å². The average molecular weight is 781 g/mol. The number of ether oxygens (including phenoxy) is 1. The zero-order valence-electron chi connectivity index (χ0n) is 32.6. The third-order valence-electron chi connectivity index (χ3n) is 11.6. The predicted molar refractivity (Wildman–Crippen MR) is 227 cm³/mol. The summed E-state index contributed by atoms with van der Waals surface area (Å²) in [6.45, 7) is 15.3. The lowest BCUT2D eigenvalue weighted by molar-refractivity contribution is 0.219. The van der Waals surface area contributed by atoms with Crippen molar-refractivity contribution in [2.45, 2.75) is 90.3 Å². The minimum Gasteiger partial charge on any atom is -0.508 e. The molecule has 0 radical (unpaired) electrons. The summed E-state index contributed by atoms with van der Waals surface area (Å²) in [6.07, 6.45) is 3.84. The third kappa shape index (κ3) is 5.28. The van der Waals surface area contributed by atoms with Crippen LogP contribution in [0, 0.1) is 13.8 Å². The molecule has 7 rings (SSSR count). The number of quaternary nitrogens is 1. The van der Waals surface area contributed by atoms with E-state index in [9.17, 15) is 20.4 Å². The molecule has 2 aromatic heterocycles. The summed E-state index contributed by atoms with van der Waals surface area (Å²) in [6, 6.07) is 18.3. The van der Waals surface area contributed by atoms with Gasteiger partial charge in [0.15, 0.2) is 5.69 Å². The molecule has 1 atom stereocenters. The molecule has 12 heteroatoms. The predicted octanol–water partition coefficient (Wildman–Crippen LogP) is 10.6. The molecule has 10 nitrogen and oxygen atoms in total. The maximum absolute atomic E-state index is 12.2. The summed E-state index contributed by atoms with van der Waals surface area (Å²) in [4.78, 5) is 0. The molecule has 0 saturated heterocycles. The Kier molecular flexibility index (Phi) is 9.63. The molecule has 1 aliphatic rings. The van der Waals surface area contributed by atoms with Gasteiger partial charge in [0.25, 0.3) is 5.66 Å². The van der Waals surface area contributed by atoms with Gasteiger partial charge in [-0.2, -0.15) is 4.48 Å². The smallest absolute Gasteiger partial charge is 0.314 e. The first kappa shape index (κ1) is 38.5. The van der Waals surface area contributed by atoms with Crippen LogP contribution >= 0.6 is 25.3 Å². The molecule has 0 saturated carbocycles. The molecule has 6 aromatic rings. The fraction of sp³-hybridized carbons (Fsp3) is 0.349. The first-order chi connectivity index (χ1) is 26.1. The molecule has 4 N–H and O–H groups in total. The van der Waals surface area contributed by atoms with Crippen molar-refractivity contribution in [2.75, 3.05) is 7.11 Å². The average Bonchev–Trinajstić information content (AvgIpc) is 3.78. The Morgan fingerprint density at radius 1 is 0.782 bits per heavy atom. The Labute approximate surface area is 332 Å². The van der Waals surface area contributed by atoms with E-state index in [1.807, 2.05) is 44.3 Å². The highest BCUT2D eigenvalue weighted by molar-refractivity contribution is 8.00. The summed E-state index contributed by atoms with van der Waals surface area (Å²) in [5.74, 6) is -0.0479. The second-order valence-electron chi connectivity index (χ2n) is 14.8. The first-order valence-corrected chi connectivity index (χ1v) is 19.7. The number of phenolic OH excluding ortho intramolecular Hbond substituents is 4. The van der Waals surface area contributed by atoms with Crippen molar-refractivity contribution in [1.82, 2.24) is 13.6 Å². The van der Waals surface area contributed by atoms with Crippen LogP contribution in [0.5, 0.6) is 28.7 Å². The van der Waals surface area contributed by atoms with E-state index in [4.69, 9.17) is 40.2 Å². The highest BCUT2D eigenvalue weighted by Gasteiger charge is 2.73. The largest absolute Gasteiger partial charge is 0.508 e. The van der Waals surface area contributed by atoms with E-state index >= 15 is 0 Å². The molecule has 288 valence electrons. The van der Waals surface area contributed by atoms with E-state index in [0.29, 0.717) is 41.1 Å². The van der Waals surface area contributed by atoms with Gasteiger partial charge in [-0.15, -0.1) is 5.11 Å². The molecule has 0 aliphatic carbocycles. The monoisotopic (exact) mass is 780 g/mol. The number of aromatic nitrogens is 2. The van der Waals surface area contributed by atoms with Crippen molar-refractivity contribution in [3.8, 4) is 28.7 Å². The van der Waals surface area contributed by atoms with Gasteiger partial charge in [-0.3, -0.25) is 0 Å². The van der Waals surface area contributed by atoms with Crippen LogP contribution in [0.3, 0.4) is 0 Å². The number of thiol groups is 2. The third-order valence-corrected chi connectivity index (χ3v) is 12.4. The fourth-order valence-electron chi connectivity index (χ4n) is 8.79. The van der Waals surface area contributed by atoms with Crippen molar-refractivity contribution in [3.63, 3.8) is 0 Å². The van der Waals surface area contributed by atoms with Crippen molar-refractivity contribution in [3.05, 3.63) is 100 Å². The maximum atomic E-state index is 12.2. The van der Waals surface area contributed by atoms with E-state index < -0.39 is 14.5 Å². The van der Waals surface area contributed by atoms with Crippen molar-refractivity contribution in [1.29, 1.82) is 0 Å². The molecule has 1 unspecified atom stereocenters. The second kappa shape index (κ2) is 13.8. The lowest BCUT2D eigenvalue weighted by Gasteiger charge is -2.50. The molecule has 4 aromatic carbocycles. The van der Waals surface area contributed by atoms with Crippen LogP contribution in [0.1, 0.15) is 80.6 Å². The van der Waals surface area contributed by atoms with Crippen molar-refractivity contribution >= 4 is 58.4 Å². The number of fused-ring (bicyclic) bond motifs is 2. The van der Waals surface area contributed by atoms with Gasteiger partial charge in [-0.1, -0.05) is 51.1 Å². The molecular weight excluding hydrogens is 731 g/mol. The Hall–Kier alpha value is -4.78. The molecule has 0 fully saturated rings. The standard InChI is InChI=1S/C43H49N5O5S2/c1-9-17-47-26(7)25(6)31-21-29(12-13-34(31)47)48(35-14-15-40(53-8)41-30(35)16-18-46(41)24(4)5)42(44-45-43(48,54)55,32-19-27(10-2)36(49)22-38(32)51)33-20-28(11-3)37(50)23-39(33)52/h12-16,18-24H,9-11,17H2,1-8H3,(H5-,49,50,51,52,54,55)/p+1. The Morgan fingerprint density at radius 2 is 1.40 bits per heavy atom. The number of azo groups is 1. The lowest BCUT2D eigenvalue weighted by Crippen LogP contribution is -2.64. The van der Waals surface area contributed by atoms with Gasteiger partial charge < -0.3 is 34.3 Å². The van der Waals surface area contributed by atoms with E-state index in [2.05, 4.69) is 55.9 Å². The number of aryl methyl sites for hydroxylation is 4. The van der Waals surface area contributed by atoms with Gasteiger partial charge in [0.2, 0.25) is 0 Å². The molecule has 0 amide bonds. The van der Waals surface area contributed by atoms with Gasteiger partial charge in [0.1, 0.15) is 34.4 Å². The second-order valence-corrected chi connectivity index (χ2v) is 16.4.